The van der Waals surface area contributed by atoms with Crippen molar-refractivity contribution < 1.29 is 0 Å². The first kappa shape index (κ1) is 6.98. The summed E-state index contributed by atoms with van der Waals surface area (Å²) >= 11 is 0. The zero-order chi connectivity index (χ0) is 4.24. The van der Waals surface area contributed by atoms with Gasteiger partial charge in [-0.3, -0.25) is 5.32 Å². The fourth-order valence-corrected chi connectivity index (χ4v) is 0.429. The van der Waals surface area contributed by atoms with Crippen molar-refractivity contribution in [2.75, 3.05) is 13.2 Å². The van der Waals surface area contributed by atoms with Crippen molar-refractivity contribution in [3.63, 3.8) is 0 Å². The van der Waals surface area contributed by atoms with Gasteiger partial charge in [0.1, 0.15) is 0 Å². The molecule has 0 aromatic rings. The first-order valence-electron chi connectivity index (χ1n) is 2.09. The fourth-order valence-electron chi connectivity index (χ4n) is 0.429. The molecule has 0 aliphatic carbocycles. The van der Waals surface area contributed by atoms with E-state index in [1.807, 2.05) is 12.3 Å². The Morgan fingerprint density at radius 1 is 1.43 bits per heavy atom. The second kappa shape index (κ2) is 4.15. The quantitative estimate of drug-likeness (QED) is 0.536. The minimum absolute atomic E-state index is 0. The van der Waals surface area contributed by atoms with E-state index >= 15 is 0 Å². The van der Waals surface area contributed by atoms with Crippen LogP contribution in [0.2, 0.25) is 0 Å². The summed E-state index contributed by atoms with van der Waals surface area (Å²) in [6.45, 7) is 1.92. The summed E-state index contributed by atoms with van der Waals surface area (Å²) in [6, 6.07) is 0. The number of nitrogens with one attached hydrogen (secondary N) is 2. The first-order chi connectivity index (χ1) is 3.00. The lowest BCUT2D eigenvalue weighted by molar-refractivity contribution is 0.669. The predicted molar refractivity (Wildman–Crippen MR) is 35.5 cm³/mol. The van der Waals surface area contributed by atoms with Gasteiger partial charge in [0, 0.05) is 6.54 Å². The average molecular weight is 165 g/mol. The zero-order valence-corrected chi connectivity index (χ0v) is 5.69. The van der Waals surface area contributed by atoms with E-state index < -0.39 is 0 Å². The smallest absolute Gasteiger partial charge is 0.0650 e. The van der Waals surface area contributed by atoms with Gasteiger partial charge in [0.15, 0.2) is 0 Å². The Morgan fingerprint density at radius 2 is 2.29 bits per heavy atom. The highest BCUT2D eigenvalue weighted by Crippen LogP contribution is 1.68. The largest absolute Gasteiger partial charge is 0.379 e. The van der Waals surface area contributed by atoms with Gasteiger partial charge in [-0.15, -0.1) is 17.0 Å². The molecule has 7 heavy (non-hydrogen) atoms. The van der Waals surface area contributed by atoms with Gasteiger partial charge >= 0.3 is 0 Å². The highest BCUT2D eigenvalue weighted by molar-refractivity contribution is 8.93. The van der Waals surface area contributed by atoms with E-state index in [4.69, 9.17) is 0 Å². The van der Waals surface area contributed by atoms with Gasteiger partial charge in [0.2, 0.25) is 0 Å². The molecule has 0 saturated carbocycles. The lowest BCUT2D eigenvalue weighted by Crippen LogP contribution is -2.29. The van der Waals surface area contributed by atoms with Gasteiger partial charge < -0.3 is 5.32 Å². The molecule has 2 N–H and O–H groups in total. The molecule has 0 atom stereocenters. The van der Waals surface area contributed by atoms with E-state index in [0.717, 1.165) is 13.2 Å². The Balaban J connectivity index is 0.000000360. The molecule has 0 fully saturated rings. The summed E-state index contributed by atoms with van der Waals surface area (Å²) in [4.78, 5) is 0. The molecule has 2 nitrogen and oxygen atoms in total. The molecule has 1 rings (SSSR count). The molecule has 0 amide bonds. The van der Waals surface area contributed by atoms with Gasteiger partial charge in [-0.25, -0.2) is 0 Å². The summed E-state index contributed by atoms with van der Waals surface area (Å²) in [5, 5.41) is 6.08. The molecule has 0 bridgehead atoms. The van der Waals surface area contributed by atoms with Crippen LogP contribution in [0.15, 0.2) is 12.3 Å². The van der Waals surface area contributed by atoms with Crippen molar-refractivity contribution >= 4 is 17.0 Å². The van der Waals surface area contributed by atoms with E-state index in [-0.39, 0.29) is 17.0 Å². The fraction of sp³-hybridized carbons (Fsp3) is 0.500. The minimum Gasteiger partial charge on any atom is -0.379 e. The molecule has 3 heteroatoms. The summed E-state index contributed by atoms with van der Waals surface area (Å²) < 4.78 is 0. The third-order valence-corrected chi connectivity index (χ3v) is 0.725. The maximum Gasteiger partial charge on any atom is 0.0650 e. The summed E-state index contributed by atoms with van der Waals surface area (Å²) in [6.07, 6.45) is 4.00. The number of hydrogen-bond acceptors (Lipinski definition) is 2. The predicted octanol–water partition coefficient (Wildman–Crippen LogP) is 0.228. The third kappa shape index (κ3) is 2.65. The van der Waals surface area contributed by atoms with E-state index in [0.29, 0.717) is 0 Å². The normalized spacial score (nSPS) is 17.1. The lowest BCUT2D eigenvalue weighted by Gasteiger charge is -2.05. The minimum atomic E-state index is 0. The average Bonchev–Trinajstić information content (AvgIpc) is 1.72. The zero-order valence-electron chi connectivity index (χ0n) is 3.98. The molecule has 1 aliphatic rings. The number of rotatable bonds is 0. The van der Waals surface area contributed by atoms with Crippen LogP contribution in [-0.2, 0) is 0 Å². The highest BCUT2D eigenvalue weighted by Gasteiger charge is 1.81. The van der Waals surface area contributed by atoms with Crippen LogP contribution in [0.4, 0.5) is 0 Å². The first-order valence-corrected chi connectivity index (χ1v) is 2.09. The van der Waals surface area contributed by atoms with Crippen molar-refractivity contribution in [1.29, 1.82) is 0 Å². The summed E-state index contributed by atoms with van der Waals surface area (Å²) in [7, 11) is 0. The van der Waals surface area contributed by atoms with Crippen LogP contribution < -0.4 is 10.6 Å². The molecular formula is C4H9BrN2. The number of hydrogen-bond donors (Lipinski definition) is 2. The van der Waals surface area contributed by atoms with Crippen LogP contribution in [-0.4, -0.2) is 13.2 Å². The van der Waals surface area contributed by atoms with Crippen LogP contribution in [0, 0.1) is 0 Å². The van der Waals surface area contributed by atoms with E-state index in [2.05, 4.69) is 10.6 Å². The van der Waals surface area contributed by atoms with Crippen molar-refractivity contribution in [3.05, 3.63) is 12.3 Å². The molecule has 1 heterocycles. The topological polar surface area (TPSA) is 24.1 Å². The monoisotopic (exact) mass is 164 g/mol. The van der Waals surface area contributed by atoms with Gasteiger partial charge in [0.25, 0.3) is 0 Å². The van der Waals surface area contributed by atoms with Gasteiger partial charge in [0.05, 0.1) is 6.67 Å². The molecule has 0 radical (unpaired) electrons. The van der Waals surface area contributed by atoms with Crippen LogP contribution in [0.25, 0.3) is 0 Å². The second-order valence-corrected chi connectivity index (χ2v) is 1.24. The van der Waals surface area contributed by atoms with Crippen LogP contribution in [0.1, 0.15) is 0 Å². The van der Waals surface area contributed by atoms with Crippen molar-refractivity contribution in [2.45, 2.75) is 0 Å². The molecular weight excluding hydrogens is 156 g/mol. The molecule has 42 valence electrons. The molecule has 0 unspecified atom stereocenters. The van der Waals surface area contributed by atoms with Crippen LogP contribution in [0.3, 0.4) is 0 Å². The van der Waals surface area contributed by atoms with Gasteiger partial charge in [-0.2, -0.15) is 0 Å². The molecule has 0 spiro atoms. The summed E-state index contributed by atoms with van der Waals surface area (Å²) in [5.41, 5.74) is 0. The molecule has 0 aromatic carbocycles. The van der Waals surface area contributed by atoms with Crippen molar-refractivity contribution in [3.8, 4) is 0 Å². The van der Waals surface area contributed by atoms with E-state index in [1.165, 1.54) is 0 Å². The lowest BCUT2D eigenvalue weighted by atomic mass is 10.5. The molecule has 0 aromatic heterocycles. The Labute approximate surface area is 53.8 Å². The Hall–Kier alpha value is -0.0200. The van der Waals surface area contributed by atoms with Crippen molar-refractivity contribution in [2.24, 2.45) is 0 Å². The molecule has 0 saturated heterocycles. The highest BCUT2D eigenvalue weighted by atomic mass is 79.9. The van der Waals surface area contributed by atoms with Crippen molar-refractivity contribution in [1.82, 2.24) is 10.6 Å². The van der Waals surface area contributed by atoms with Crippen LogP contribution >= 0.6 is 17.0 Å². The van der Waals surface area contributed by atoms with Gasteiger partial charge in [-0.05, 0) is 6.20 Å². The van der Waals surface area contributed by atoms with Gasteiger partial charge in [-0.1, -0.05) is 6.08 Å². The maximum absolute atomic E-state index is 3.09. The maximum atomic E-state index is 3.09. The SMILES string of the molecule is Br.C1=CNCNC1. The third-order valence-electron chi connectivity index (χ3n) is 0.725. The molecule has 1 aliphatic heterocycles. The Kier molecular flexibility index (Phi) is 4.14. The Morgan fingerprint density at radius 3 is 2.43 bits per heavy atom. The second-order valence-electron chi connectivity index (χ2n) is 1.24. The standard InChI is InChI=1S/C4H8N2.BrH/c1-2-5-4-6-3-1;/h1-2,5-6H,3-4H2;1H. The summed E-state index contributed by atoms with van der Waals surface area (Å²) in [5.74, 6) is 0. The Bertz CT molecular complexity index is 54.7. The van der Waals surface area contributed by atoms with Crippen LogP contribution in [0.5, 0.6) is 0 Å². The van der Waals surface area contributed by atoms with E-state index in [9.17, 15) is 0 Å². The van der Waals surface area contributed by atoms with E-state index in [1.54, 1.807) is 0 Å². The number of halogens is 1.